The summed E-state index contributed by atoms with van der Waals surface area (Å²) in [6, 6.07) is 0. The van der Waals surface area contributed by atoms with Crippen LogP contribution in [0, 0.1) is 5.92 Å². The Balaban J connectivity index is 3.70. The normalized spacial score (nSPS) is 12.0. The Morgan fingerprint density at radius 3 is 2.50 bits per heavy atom. The highest BCUT2D eigenvalue weighted by Crippen LogP contribution is 2.09. The average molecular weight is 140 g/mol. The van der Waals surface area contributed by atoms with Gasteiger partial charge in [-0.1, -0.05) is 12.2 Å². The fraction of sp³-hybridized carbons (Fsp3) is 0.375. The topological polar surface area (TPSA) is 37.3 Å². The summed E-state index contributed by atoms with van der Waals surface area (Å²) < 4.78 is 0. The fourth-order valence-corrected chi connectivity index (χ4v) is 0.701. The minimum Gasteiger partial charge on any atom is -0.481 e. The molecule has 0 radical (unpaired) electrons. The quantitative estimate of drug-likeness (QED) is 0.591. The molecule has 0 aliphatic rings. The van der Waals surface area contributed by atoms with E-state index in [0.717, 1.165) is 0 Å². The van der Waals surface area contributed by atoms with Gasteiger partial charge < -0.3 is 5.11 Å². The van der Waals surface area contributed by atoms with Gasteiger partial charge in [0, 0.05) is 0 Å². The molecule has 0 aromatic carbocycles. The van der Waals surface area contributed by atoms with E-state index >= 15 is 0 Å². The zero-order valence-electron chi connectivity index (χ0n) is 5.92. The monoisotopic (exact) mass is 140 g/mol. The second-order valence-corrected chi connectivity index (χ2v) is 2.12. The lowest BCUT2D eigenvalue weighted by molar-refractivity contribution is -0.137. The van der Waals surface area contributed by atoms with Gasteiger partial charge in [-0.3, -0.25) is 4.79 Å². The van der Waals surface area contributed by atoms with Crippen LogP contribution in [0.3, 0.4) is 0 Å². The summed E-state index contributed by atoms with van der Waals surface area (Å²) in [6.45, 7) is 7.04. The Morgan fingerprint density at radius 1 is 1.60 bits per heavy atom. The van der Waals surface area contributed by atoms with Gasteiger partial charge >= 0.3 is 5.97 Å². The second kappa shape index (κ2) is 4.79. The van der Waals surface area contributed by atoms with Gasteiger partial charge in [-0.15, -0.1) is 13.2 Å². The van der Waals surface area contributed by atoms with Gasteiger partial charge in [-0.2, -0.15) is 0 Å². The summed E-state index contributed by atoms with van der Waals surface area (Å²) in [5.41, 5.74) is 0. The molecule has 1 unspecified atom stereocenters. The Bertz CT molecular complexity index is 138. The maximum absolute atomic E-state index is 10.2. The van der Waals surface area contributed by atoms with Gasteiger partial charge in [0.2, 0.25) is 0 Å². The molecule has 1 atom stereocenters. The third-order valence-electron chi connectivity index (χ3n) is 1.24. The third-order valence-corrected chi connectivity index (χ3v) is 1.24. The van der Waals surface area contributed by atoms with E-state index in [1.807, 2.05) is 0 Å². The lowest BCUT2D eigenvalue weighted by Gasteiger charge is -2.03. The van der Waals surface area contributed by atoms with Gasteiger partial charge in [0.05, 0.1) is 6.42 Å². The van der Waals surface area contributed by atoms with Crippen LogP contribution in [0.2, 0.25) is 0 Å². The Hall–Kier alpha value is -1.05. The van der Waals surface area contributed by atoms with Crippen molar-refractivity contribution in [2.45, 2.75) is 12.8 Å². The summed E-state index contributed by atoms with van der Waals surface area (Å²) in [5.74, 6) is -0.748. The minimum atomic E-state index is -0.785. The van der Waals surface area contributed by atoms with Crippen molar-refractivity contribution in [3.8, 4) is 0 Å². The van der Waals surface area contributed by atoms with Gasteiger partial charge in [-0.25, -0.2) is 0 Å². The number of carboxylic acid groups (broad SMARTS) is 1. The van der Waals surface area contributed by atoms with Gasteiger partial charge in [-0.05, 0) is 12.3 Å². The number of allylic oxidation sites excluding steroid dienone is 2. The molecule has 0 spiro atoms. The molecule has 0 saturated heterocycles. The van der Waals surface area contributed by atoms with Crippen LogP contribution in [0.5, 0.6) is 0 Å². The molecule has 2 nitrogen and oxygen atoms in total. The van der Waals surface area contributed by atoms with Gasteiger partial charge in [0.15, 0.2) is 0 Å². The predicted octanol–water partition coefficient (Wildman–Crippen LogP) is 1.84. The Kier molecular flexibility index (Phi) is 4.29. The molecule has 2 heteroatoms. The predicted molar refractivity (Wildman–Crippen MR) is 40.8 cm³/mol. The molecule has 56 valence electrons. The van der Waals surface area contributed by atoms with E-state index < -0.39 is 5.97 Å². The molecular formula is C8H12O2. The standard InChI is InChI=1S/C8H12O2/c1-3-5-7(4-2)6-8(9)10/h3-4,7H,1-2,5-6H2,(H,9,10). The Morgan fingerprint density at radius 2 is 2.20 bits per heavy atom. The molecule has 0 rings (SSSR count). The van der Waals surface area contributed by atoms with Gasteiger partial charge in [0.25, 0.3) is 0 Å². The highest BCUT2D eigenvalue weighted by Gasteiger charge is 2.06. The van der Waals surface area contributed by atoms with E-state index in [1.165, 1.54) is 0 Å². The molecule has 0 aromatic heterocycles. The number of carbonyl (C=O) groups is 1. The zero-order chi connectivity index (χ0) is 7.98. The summed E-state index contributed by atoms with van der Waals surface area (Å²) in [6.07, 6.45) is 4.19. The molecule has 0 fully saturated rings. The molecular weight excluding hydrogens is 128 g/mol. The number of rotatable bonds is 5. The highest BCUT2D eigenvalue weighted by molar-refractivity contribution is 5.67. The van der Waals surface area contributed by atoms with Crippen molar-refractivity contribution in [1.29, 1.82) is 0 Å². The molecule has 0 aromatic rings. The van der Waals surface area contributed by atoms with Crippen LogP contribution in [-0.2, 0) is 4.79 Å². The number of carboxylic acids is 1. The van der Waals surface area contributed by atoms with Crippen molar-refractivity contribution < 1.29 is 9.90 Å². The number of hydrogen-bond donors (Lipinski definition) is 1. The maximum atomic E-state index is 10.2. The molecule has 0 bridgehead atoms. The first-order valence-corrected chi connectivity index (χ1v) is 3.16. The van der Waals surface area contributed by atoms with E-state index in [2.05, 4.69) is 13.2 Å². The lowest BCUT2D eigenvalue weighted by Crippen LogP contribution is -2.03. The molecule has 10 heavy (non-hydrogen) atoms. The summed E-state index contributed by atoms with van der Waals surface area (Å²) >= 11 is 0. The van der Waals surface area contributed by atoms with Crippen LogP contribution in [-0.4, -0.2) is 11.1 Å². The fourth-order valence-electron chi connectivity index (χ4n) is 0.701. The van der Waals surface area contributed by atoms with Crippen LogP contribution in [0.15, 0.2) is 25.3 Å². The van der Waals surface area contributed by atoms with E-state index in [9.17, 15) is 4.79 Å². The Labute approximate surface area is 60.9 Å². The SMILES string of the molecule is C=CCC(C=C)CC(=O)O. The van der Waals surface area contributed by atoms with Crippen molar-refractivity contribution in [3.05, 3.63) is 25.3 Å². The minimum absolute atomic E-state index is 0.0370. The van der Waals surface area contributed by atoms with Crippen molar-refractivity contribution in [2.75, 3.05) is 0 Å². The molecule has 0 amide bonds. The van der Waals surface area contributed by atoms with Crippen molar-refractivity contribution in [3.63, 3.8) is 0 Å². The first-order valence-electron chi connectivity index (χ1n) is 3.16. The molecule has 0 aliphatic carbocycles. The van der Waals surface area contributed by atoms with Crippen LogP contribution < -0.4 is 0 Å². The van der Waals surface area contributed by atoms with E-state index in [4.69, 9.17) is 5.11 Å². The highest BCUT2D eigenvalue weighted by atomic mass is 16.4. The summed E-state index contributed by atoms with van der Waals surface area (Å²) in [7, 11) is 0. The zero-order valence-corrected chi connectivity index (χ0v) is 5.92. The van der Waals surface area contributed by atoms with Crippen molar-refractivity contribution >= 4 is 5.97 Å². The van der Waals surface area contributed by atoms with Crippen LogP contribution >= 0.6 is 0 Å². The lowest BCUT2D eigenvalue weighted by atomic mass is 10.0. The molecule has 0 heterocycles. The van der Waals surface area contributed by atoms with Crippen molar-refractivity contribution in [2.24, 2.45) is 5.92 Å². The summed E-state index contributed by atoms with van der Waals surface area (Å²) in [4.78, 5) is 10.2. The van der Waals surface area contributed by atoms with Crippen LogP contribution in [0.25, 0.3) is 0 Å². The van der Waals surface area contributed by atoms with Gasteiger partial charge in [0.1, 0.15) is 0 Å². The van der Waals surface area contributed by atoms with E-state index in [1.54, 1.807) is 12.2 Å². The third kappa shape index (κ3) is 3.89. The van der Waals surface area contributed by atoms with E-state index in [0.29, 0.717) is 6.42 Å². The second-order valence-electron chi connectivity index (χ2n) is 2.12. The van der Waals surface area contributed by atoms with E-state index in [-0.39, 0.29) is 12.3 Å². The number of aliphatic carboxylic acids is 1. The number of hydrogen-bond acceptors (Lipinski definition) is 1. The molecule has 1 N–H and O–H groups in total. The van der Waals surface area contributed by atoms with Crippen molar-refractivity contribution in [1.82, 2.24) is 0 Å². The first kappa shape index (κ1) is 8.95. The van der Waals surface area contributed by atoms with Crippen LogP contribution in [0.1, 0.15) is 12.8 Å². The van der Waals surface area contributed by atoms with Crippen LogP contribution in [0.4, 0.5) is 0 Å². The molecule has 0 aliphatic heterocycles. The largest absolute Gasteiger partial charge is 0.481 e. The first-order chi connectivity index (χ1) is 4.70. The summed E-state index contributed by atoms with van der Waals surface area (Å²) in [5, 5.41) is 8.36. The maximum Gasteiger partial charge on any atom is 0.303 e. The average Bonchev–Trinajstić information content (AvgIpc) is 1.86. The molecule has 0 saturated carbocycles. The smallest absolute Gasteiger partial charge is 0.303 e.